The quantitative estimate of drug-likeness (QED) is 0.817. The fourth-order valence-corrected chi connectivity index (χ4v) is 1.47. The van der Waals surface area contributed by atoms with Crippen LogP contribution in [-0.2, 0) is 0 Å². The van der Waals surface area contributed by atoms with Crippen molar-refractivity contribution in [3.63, 3.8) is 0 Å². The van der Waals surface area contributed by atoms with Crippen LogP contribution >= 0.6 is 24.0 Å². The van der Waals surface area contributed by atoms with E-state index in [9.17, 15) is 17.6 Å². The first kappa shape index (κ1) is 15.5. The number of benzene rings is 1. The summed E-state index contributed by atoms with van der Waals surface area (Å²) in [6.07, 6.45) is -5.55. The molecule has 7 heteroatoms. The van der Waals surface area contributed by atoms with Gasteiger partial charge in [-0.1, -0.05) is 17.7 Å². The van der Waals surface area contributed by atoms with Crippen molar-refractivity contribution in [1.29, 1.82) is 0 Å². The van der Waals surface area contributed by atoms with Crippen molar-refractivity contribution in [2.45, 2.75) is 18.6 Å². The Hall–Kier alpha value is -0.520. The SMILES string of the molecule is Cl.N[C@H](CC(F)(F)F)c1ccc(F)cc1Cl. The predicted molar refractivity (Wildman–Crippen MR) is 56.3 cm³/mol. The summed E-state index contributed by atoms with van der Waals surface area (Å²) in [7, 11) is 0. The second-order valence-corrected chi connectivity index (χ2v) is 3.50. The molecule has 1 aromatic carbocycles. The number of hydrogen-bond donors (Lipinski definition) is 1. The van der Waals surface area contributed by atoms with Gasteiger partial charge in [-0.2, -0.15) is 13.2 Å². The molecular weight excluding hydrogens is 269 g/mol. The normalized spacial score (nSPS) is 13.1. The van der Waals surface area contributed by atoms with Gasteiger partial charge in [0.15, 0.2) is 0 Å². The molecule has 1 atom stereocenters. The Balaban J connectivity index is 0.00000225. The van der Waals surface area contributed by atoms with Gasteiger partial charge >= 0.3 is 6.18 Å². The third kappa shape index (κ3) is 4.55. The summed E-state index contributed by atoms with van der Waals surface area (Å²) in [5.74, 6) is -0.608. The van der Waals surface area contributed by atoms with E-state index in [0.29, 0.717) is 0 Å². The van der Waals surface area contributed by atoms with Crippen LogP contribution in [0.2, 0.25) is 5.02 Å². The zero-order chi connectivity index (χ0) is 11.6. The Morgan fingerprint density at radius 1 is 1.31 bits per heavy atom. The molecule has 0 bridgehead atoms. The molecule has 0 aromatic heterocycles. The number of hydrogen-bond acceptors (Lipinski definition) is 1. The largest absolute Gasteiger partial charge is 0.390 e. The lowest BCUT2D eigenvalue weighted by molar-refractivity contribution is -0.138. The molecule has 0 aliphatic heterocycles. The highest BCUT2D eigenvalue weighted by atomic mass is 35.5. The average molecular weight is 278 g/mol. The molecule has 0 amide bonds. The number of nitrogens with two attached hydrogens (primary N) is 1. The van der Waals surface area contributed by atoms with Crippen molar-refractivity contribution >= 4 is 24.0 Å². The van der Waals surface area contributed by atoms with Crippen LogP contribution in [0.1, 0.15) is 18.0 Å². The summed E-state index contributed by atoms with van der Waals surface area (Å²) >= 11 is 5.57. The van der Waals surface area contributed by atoms with E-state index < -0.39 is 24.5 Å². The van der Waals surface area contributed by atoms with Crippen molar-refractivity contribution in [2.75, 3.05) is 0 Å². The van der Waals surface area contributed by atoms with Gasteiger partial charge < -0.3 is 5.73 Å². The van der Waals surface area contributed by atoms with Crippen molar-refractivity contribution in [3.05, 3.63) is 34.6 Å². The summed E-state index contributed by atoms with van der Waals surface area (Å²) in [5.41, 5.74) is 5.40. The van der Waals surface area contributed by atoms with Crippen LogP contribution in [0.25, 0.3) is 0 Å². The molecule has 0 radical (unpaired) electrons. The Kier molecular flexibility index (Phi) is 5.52. The van der Waals surface area contributed by atoms with Gasteiger partial charge in [0.1, 0.15) is 5.82 Å². The topological polar surface area (TPSA) is 26.0 Å². The minimum absolute atomic E-state index is 0. The molecular formula is C9H9Cl2F4N. The molecule has 16 heavy (non-hydrogen) atoms. The van der Waals surface area contributed by atoms with E-state index in [4.69, 9.17) is 17.3 Å². The first-order valence-electron chi connectivity index (χ1n) is 4.07. The number of alkyl halides is 3. The summed E-state index contributed by atoms with van der Waals surface area (Å²) in [6.45, 7) is 0. The monoisotopic (exact) mass is 277 g/mol. The molecule has 0 aliphatic carbocycles. The summed E-state index contributed by atoms with van der Waals surface area (Å²) in [6, 6.07) is 1.86. The maximum absolute atomic E-state index is 12.6. The zero-order valence-corrected chi connectivity index (χ0v) is 9.46. The third-order valence-corrected chi connectivity index (χ3v) is 2.14. The van der Waals surface area contributed by atoms with Crippen molar-refractivity contribution in [1.82, 2.24) is 0 Å². The fraction of sp³-hybridized carbons (Fsp3) is 0.333. The highest BCUT2D eigenvalue weighted by Crippen LogP contribution is 2.31. The number of rotatable bonds is 2. The molecule has 0 saturated carbocycles. The fourth-order valence-electron chi connectivity index (χ4n) is 1.16. The van der Waals surface area contributed by atoms with Gasteiger partial charge in [0.2, 0.25) is 0 Å². The van der Waals surface area contributed by atoms with E-state index in [1.807, 2.05) is 0 Å². The maximum atomic E-state index is 12.6. The van der Waals surface area contributed by atoms with Crippen LogP contribution < -0.4 is 5.73 Å². The molecule has 1 nitrogen and oxygen atoms in total. The van der Waals surface area contributed by atoms with Crippen LogP contribution in [-0.4, -0.2) is 6.18 Å². The van der Waals surface area contributed by atoms with E-state index >= 15 is 0 Å². The second kappa shape index (κ2) is 5.70. The Morgan fingerprint density at radius 3 is 2.31 bits per heavy atom. The van der Waals surface area contributed by atoms with Gasteiger partial charge in [-0.15, -0.1) is 12.4 Å². The molecule has 0 aliphatic rings. The predicted octanol–water partition coefficient (Wildman–Crippen LogP) is 3.85. The van der Waals surface area contributed by atoms with Gasteiger partial charge in [-0.05, 0) is 17.7 Å². The van der Waals surface area contributed by atoms with Gasteiger partial charge in [-0.25, -0.2) is 4.39 Å². The minimum atomic E-state index is -4.36. The van der Waals surface area contributed by atoms with Crippen molar-refractivity contribution in [2.24, 2.45) is 5.73 Å². The van der Waals surface area contributed by atoms with E-state index in [1.165, 1.54) is 0 Å². The summed E-state index contributed by atoms with van der Waals surface area (Å²) in [5, 5.41) is -0.0910. The lowest BCUT2D eigenvalue weighted by atomic mass is 10.0. The molecule has 0 spiro atoms. The highest BCUT2D eigenvalue weighted by molar-refractivity contribution is 6.31. The standard InChI is InChI=1S/C9H8ClF4N.ClH/c10-7-3-5(11)1-2-6(7)8(15)4-9(12,13)14;/h1-3,8H,4,15H2;1H/t8-;/m1./s1. The number of halogens is 6. The Labute approximate surface area is 101 Å². The van der Waals surface area contributed by atoms with Crippen LogP contribution in [0.5, 0.6) is 0 Å². The van der Waals surface area contributed by atoms with Crippen LogP contribution in [0, 0.1) is 5.82 Å². The van der Waals surface area contributed by atoms with Crippen LogP contribution in [0.4, 0.5) is 17.6 Å². The molecule has 1 aromatic rings. The summed E-state index contributed by atoms with van der Waals surface area (Å²) in [4.78, 5) is 0. The Bertz CT molecular complexity index is 354. The maximum Gasteiger partial charge on any atom is 0.390 e. The summed E-state index contributed by atoms with van der Waals surface area (Å²) < 4.78 is 48.6. The van der Waals surface area contributed by atoms with Crippen molar-refractivity contribution in [3.8, 4) is 0 Å². The molecule has 1 rings (SSSR count). The van der Waals surface area contributed by atoms with Gasteiger partial charge in [0.25, 0.3) is 0 Å². The van der Waals surface area contributed by atoms with Crippen LogP contribution in [0.15, 0.2) is 18.2 Å². The van der Waals surface area contributed by atoms with E-state index in [2.05, 4.69) is 0 Å². The third-order valence-electron chi connectivity index (χ3n) is 1.81. The average Bonchev–Trinajstić information content (AvgIpc) is 1.99. The molecule has 0 heterocycles. The van der Waals surface area contributed by atoms with Crippen LogP contribution in [0.3, 0.4) is 0 Å². The lowest BCUT2D eigenvalue weighted by Crippen LogP contribution is -2.20. The molecule has 0 unspecified atom stereocenters. The van der Waals surface area contributed by atoms with E-state index in [1.54, 1.807) is 0 Å². The first-order valence-corrected chi connectivity index (χ1v) is 4.44. The Morgan fingerprint density at radius 2 is 1.88 bits per heavy atom. The van der Waals surface area contributed by atoms with Crippen molar-refractivity contribution < 1.29 is 17.6 Å². The molecule has 0 saturated heterocycles. The molecule has 2 N–H and O–H groups in total. The van der Waals surface area contributed by atoms with Gasteiger partial charge in [0.05, 0.1) is 6.42 Å². The van der Waals surface area contributed by atoms with Gasteiger partial charge in [0, 0.05) is 11.1 Å². The lowest BCUT2D eigenvalue weighted by Gasteiger charge is -2.15. The second-order valence-electron chi connectivity index (χ2n) is 3.09. The van der Waals surface area contributed by atoms with E-state index in [0.717, 1.165) is 18.2 Å². The highest BCUT2D eigenvalue weighted by Gasteiger charge is 2.31. The zero-order valence-electron chi connectivity index (χ0n) is 7.89. The molecule has 92 valence electrons. The smallest absolute Gasteiger partial charge is 0.324 e. The first-order chi connectivity index (χ1) is 6.79. The van der Waals surface area contributed by atoms with Gasteiger partial charge in [-0.3, -0.25) is 0 Å². The molecule has 0 fully saturated rings. The minimum Gasteiger partial charge on any atom is -0.324 e. The van der Waals surface area contributed by atoms with E-state index in [-0.39, 0.29) is 23.0 Å².